The van der Waals surface area contributed by atoms with Crippen molar-refractivity contribution in [1.29, 1.82) is 0 Å². The Hall–Kier alpha value is -4.19. The summed E-state index contributed by atoms with van der Waals surface area (Å²) in [6, 6.07) is 22.9. The van der Waals surface area contributed by atoms with Gasteiger partial charge in [0.1, 0.15) is 11.5 Å². The number of carbonyl (C=O) groups excluding carboxylic acids is 1. The molecule has 6 nitrogen and oxygen atoms in total. The minimum absolute atomic E-state index is 0.0552. The Kier molecular flexibility index (Phi) is 4.90. The molecule has 29 heavy (non-hydrogen) atoms. The summed E-state index contributed by atoms with van der Waals surface area (Å²) in [4.78, 5) is 17.5. The molecule has 4 rings (SSSR count). The molecule has 0 atom stereocenters. The van der Waals surface area contributed by atoms with Gasteiger partial charge in [-0.1, -0.05) is 48.5 Å². The van der Waals surface area contributed by atoms with E-state index in [1.807, 2.05) is 54.6 Å². The van der Waals surface area contributed by atoms with Gasteiger partial charge in [0, 0.05) is 22.6 Å². The van der Waals surface area contributed by atoms with Crippen LogP contribution < -0.4 is 5.43 Å². The van der Waals surface area contributed by atoms with Crippen molar-refractivity contribution >= 4 is 23.0 Å². The first-order chi connectivity index (χ1) is 14.1. The molecule has 6 heteroatoms. The molecule has 1 heterocycles. The summed E-state index contributed by atoms with van der Waals surface area (Å²) in [5, 5.41) is 23.8. The van der Waals surface area contributed by atoms with E-state index in [2.05, 4.69) is 15.5 Å². The summed E-state index contributed by atoms with van der Waals surface area (Å²) < 4.78 is 0. The largest absolute Gasteiger partial charge is 0.508 e. The highest BCUT2D eigenvalue weighted by atomic mass is 16.3. The number of benzene rings is 3. The number of aromatic hydroxyl groups is 2. The fourth-order valence-corrected chi connectivity index (χ4v) is 2.98. The van der Waals surface area contributed by atoms with Gasteiger partial charge in [-0.2, -0.15) is 5.10 Å². The predicted molar refractivity (Wildman–Crippen MR) is 112 cm³/mol. The van der Waals surface area contributed by atoms with Crippen LogP contribution in [0.3, 0.4) is 0 Å². The molecular formula is C23H17N3O3. The lowest BCUT2D eigenvalue weighted by Gasteiger charge is -2.09. The molecule has 0 aliphatic heterocycles. The Morgan fingerprint density at radius 3 is 2.48 bits per heavy atom. The van der Waals surface area contributed by atoms with Crippen LogP contribution in [0.25, 0.3) is 22.2 Å². The zero-order valence-corrected chi connectivity index (χ0v) is 15.3. The number of hydrazone groups is 1. The fraction of sp³-hybridized carbons (Fsp3) is 0. The van der Waals surface area contributed by atoms with Gasteiger partial charge < -0.3 is 10.2 Å². The number of hydrogen-bond acceptors (Lipinski definition) is 5. The number of fused-ring (bicyclic) bond motifs is 1. The smallest absolute Gasteiger partial charge is 0.272 e. The predicted octanol–water partition coefficient (Wildman–Crippen LogP) is 4.08. The number of amides is 1. The zero-order valence-electron chi connectivity index (χ0n) is 15.3. The topological polar surface area (TPSA) is 94.8 Å². The molecule has 1 aromatic heterocycles. The number of hydrogen-bond donors (Lipinski definition) is 3. The number of phenolic OH excluding ortho intramolecular Hbond substituents is 2. The second-order valence-electron chi connectivity index (χ2n) is 6.38. The van der Waals surface area contributed by atoms with Crippen LogP contribution in [0.4, 0.5) is 0 Å². The van der Waals surface area contributed by atoms with Gasteiger partial charge in [0.25, 0.3) is 5.91 Å². The molecule has 0 unspecified atom stereocenters. The first-order valence-corrected chi connectivity index (χ1v) is 8.92. The quantitative estimate of drug-likeness (QED) is 0.366. The van der Waals surface area contributed by atoms with E-state index in [0.29, 0.717) is 27.7 Å². The third-order valence-electron chi connectivity index (χ3n) is 4.41. The Morgan fingerprint density at radius 2 is 1.69 bits per heavy atom. The summed E-state index contributed by atoms with van der Waals surface area (Å²) in [5.74, 6) is -0.584. The summed E-state index contributed by atoms with van der Waals surface area (Å²) in [6.07, 6.45) is 1.31. The Morgan fingerprint density at radius 1 is 0.931 bits per heavy atom. The van der Waals surface area contributed by atoms with Crippen LogP contribution in [0.15, 0.2) is 84.0 Å². The average Bonchev–Trinajstić information content (AvgIpc) is 2.75. The molecule has 0 bridgehead atoms. The lowest BCUT2D eigenvalue weighted by Crippen LogP contribution is -2.18. The van der Waals surface area contributed by atoms with Crippen molar-refractivity contribution in [1.82, 2.24) is 10.4 Å². The number of phenols is 2. The molecule has 142 valence electrons. The highest BCUT2D eigenvalue weighted by molar-refractivity contribution is 6.07. The highest BCUT2D eigenvalue weighted by Crippen LogP contribution is 2.25. The van der Waals surface area contributed by atoms with Crippen LogP contribution in [0.5, 0.6) is 11.5 Å². The van der Waals surface area contributed by atoms with Crippen LogP contribution in [0.1, 0.15) is 15.9 Å². The second kappa shape index (κ2) is 7.82. The SMILES string of the molecule is O=C(N/N=C\c1ccc(O)cc1O)c1cc(-c2ccccc2)nc2ccccc12. The van der Waals surface area contributed by atoms with Crippen LogP contribution in [0.2, 0.25) is 0 Å². The van der Waals surface area contributed by atoms with E-state index in [4.69, 9.17) is 0 Å². The minimum Gasteiger partial charge on any atom is -0.508 e. The second-order valence-corrected chi connectivity index (χ2v) is 6.38. The number of nitrogens with one attached hydrogen (secondary N) is 1. The highest BCUT2D eigenvalue weighted by Gasteiger charge is 2.13. The fourth-order valence-electron chi connectivity index (χ4n) is 2.98. The lowest BCUT2D eigenvalue weighted by atomic mass is 10.0. The van der Waals surface area contributed by atoms with Crippen LogP contribution in [-0.2, 0) is 0 Å². The van der Waals surface area contributed by atoms with E-state index >= 15 is 0 Å². The molecule has 0 saturated carbocycles. The maximum Gasteiger partial charge on any atom is 0.272 e. The summed E-state index contributed by atoms with van der Waals surface area (Å²) >= 11 is 0. The van der Waals surface area contributed by atoms with Gasteiger partial charge in [-0.3, -0.25) is 4.79 Å². The van der Waals surface area contributed by atoms with E-state index in [1.54, 1.807) is 6.07 Å². The summed E-state index contributed by atoms with van der Waals surface area (Å²) in [7, 11) is 0. The van der Waals surface area contributed by atoms with Crippen molar-refractivity contribution in [2.75, 3.05) is 0 Å². The van der Waals surface area contributed by atoms with E-state index in [9.17, 15) is 15.0 Å². The van der Waals surface area contributed by atoms with Crippen molar-refractivity contribution in [3.63, 3.8) is 0 Å². The zero-order chi connectivity index (χ0) is 20.2. The molecule has 3 aromatic carbocycles. The van der Waals surface area contributed by atoms with Gasteiger partial charge in [-0.25, -0.2) is 10.4 Å². The van der Waals surface area contributed by atoms with Gasteiger partial charge in [0.2, 0.25) is 0 Å². The van der Waals surface area contributed by atoms with Crippen LogP contribution in [-0.4, -0.2) is 27.3 Å². The number of carbonyl (C=O) groups is 1. The normalized spacial score (nSPS) is 11.0. The molecule has 0 radical (unpaired) electrons. The van der Waals surface area contributed by atoms with E-state index < -0.39 is 5.91 Å². The van der Waals surface area contributed by atoms with Crippen molar-refractivity contribution in [3.05, 3.63) is 90.0 Å². The minimum atomic E-state index is -0.393. The molecule has 0 fully saturated rings. The number of pyridine rings is 1. The van der Waals surface area contributed by atoms with Crippen molar-refractivity contribution in [2.24, 2.45) is 5.10 Å². The molecule has 0 saturated heterocycles. The third-order valence-corrected chi connectivity index (χ3v) is 4.41. The van der Waals surface area contributed by atoms with E-state index in [1.165, 1.54) is 24.4 Å². The lowest BCUT2D eigenvalue weighted by molar-refractivity contribution is 0.0956. The number of para-hydroxylation sites is 1. The Balaban J connectivity index is 1.67. The Bertz CT molecular complexity index is 1220. The maximum absolute atomic E-state index is 12.8. The van der Waals surface area contributed by atoms with Gasteiger partial charge in [0.15, 0.2) is 0 Å². The van der Waals surface area contributed by atoms with Crippen LogP contribution >= 0.6 is 0 Å². The maximum atomic E-state index is 12.8. The Labute approximate surface area is 166 Å². The van der Waals surface area contributed by atoms with Crippen molar-refractivity contribution in [3.8, 4) is 22.8 Å². The molecule has 0 spiro atoms. The van der Waals surface area contributed by atoms with Crippen molar-refractivity contribution in [2.45, 2.75) is 0 Å². The standard InChI is InChI=1S/C23H17N3O3/c27-17-11-10-16(22(28)12-17)14-24-26-23(29)19-13-21(15-6-2-1-3-7-15)25-20-9-5-4-8-18(19)20/h1-14,27-28H,(H,26,29)/b24-14-. The summed E-state index contributed by atoms with van der Waals surface area (Å²) in [5.41, 5.74) is 5.61. The van der Waals surface area contributed by atoms with E-state index in [-0.39, 0.29) is 11.5 Å². The first kappa shape index (κ1) is 18.2. The molecular weight excluding hydrogens is 366 g/mol. The number of aromatic nitrogens is 1. The molecule has 3 N–H and O–H groups in total. The van der Waals surface area contributed by atoms with Gasteiger partial charge in [-0.05, 0) is 24.3 Å². The van der Waals surface area contributed by atoms with Gasteiger partial charge >= 0.3 is 0 Å². The molecule has 1 amide bonds. The number of nitrogens with zero attached hydrogens (tertiary/aromatic N) is 2. The van der Waals surface area contributed by atoms with Crippen molar-refractivity contribution < 1.29 is 15.0 Å². The van der Waals surface area contributed by atoms with Gasteiger partial charge in [-0.15, -0.1) is 0 Å². The van der Waals surface area contributed by atoms with Gasteiger partial charge in [0.05, 0.1) is 23.0 Å². The van der Waals surface area contributed by atoms with Crippen LogP contribution in [0, 0.1) is 0 Å². The molecule has 0 aliphatic rings. The molecule has 0 aliphatic carbocycles. The third kappa shape index (κ3) is 3.91. The first-order valence-electron chi connectivity index (χ1n) is 8.92. The molecule has 4 aromatic rings. The average molecular weight is 383 g/mol. The summed E-state index contributed by atoms with van der Waals surface area (Å²) in [6.45, 7) is 0. The monoisotopic (exact) mass is 383 g/mol. The number of rotatable bonds is 4. The van der Waals surface area contributed by atoms with E-state index in [0.717, 1.165) is 5.56 Å².